The number of nitrogens with one attached hydrogen (secondary N) is 2. The van der Waals surface area contributed by atoms with Crippen LogP contribution < -0.4 is 15.4 Å². The molecule has 5 rings (SSSR count). The maximum absolute atomic E-state index is 13.1. The second kappa shape index (κ2) is 9.66. The van der Waals surface area contributed by atoms with E-state index in [9.17, 15) is 4.79 Å². The summed E-state index contributed by atoms with van der Waals surface area (Å²) in [5.41, 5.74) is 5.79. The molecule has 35 heavy (non-hydrogen) atoms. The van der Waals surface area contributed by atoms with Gasteiger partial charge in [-0.3, -0.25) is 10.00 Å². The molecule has 0 saturated heterocycles. The lowest BCUT2D eigenvalue weighted by Gasteiger charge is -2.14. The van der Waals surface area contributed by atoms with E-state index in [-0.39, 0.29) is 6.03 Å². The van der Waals surface area contributed by atoms with Gasteiger partial charge in [-0.15, -0.1) is 0 Å². The summed E-state index contributed by atoms with van der Waals surface area (Å²) in [5, 5.41) is 15.2. The number of anilines is 1. The Morgan fingerprint density at radius 3 is 2.66 bits per heavy atom. The molecule has 4 aromatic rings. The summed E-state index contributed by atoms with van der Waals surface area (Å²) in [5.74, 6) is 2.03. The average molecular weight is 471 g/mol. The number of para-hydroxylation sites is 1. The van der Waals surface area contributed by atoms with Gasteiger partial charge in [-0.2, -0.15) is 10.2 Å². The van der Waals surface area contributed by atoms with E-state index in [1.807, 2.05) is 69.6 Å². The quantitative estimate of drug-likeness (QED) is 0.372. The fourth-order valence-electron chi connectivity index (χ4n) is 4.33. The second-order valence-corrected chi connectivity index (χ2v) is 8.85. The summed E-state index contributed by atoms with van der Waals surface area (Å²) < 4.78 is 9.19. The molecule has 0 atom stereocenters. The van der Waals surface area contributed by atoms with Gasteiger partial charge in [0.15, 0.2) is 0 Å². The van der Waals surface area contributed by atoms with Gasteiger partial charge < -0.3 is 10.1 Å². The molecule has 2 N–H and O–H groups in total. The van der Waals surface area contributed by atoms with Crippen LogP contribution in [0, 0.1) is 6.92 Å². The predicted molar refractivity (Wildman–Crippen MR) is 136 cm³/mol. The molecule has 180 valence electrons. The van der Waals surface area contributed by atoms with Gasteiger partial charge in [0.05, 0.1) is 18.5 Å². The van der Waals surface area contributed by atoms with Crippen molar-refractivity contribution < 1.29 is 9.53 Å². The van der Waals surface area contributed by atoms with Gasteiger partial charge in [0.1, 0.15) is 17.3 Å². The zero-order valence-electron chi connectivity index (χ0n) is 20.3. The van der Waals surface area contributed by atoms with Gasteiger partial charge in [0.25, 0.3) is 0 Å². The predicted octanol–water partition coefficient (Wildman–Crippen LogP) is 5.18. The fourth-order valence-corrected chi connectivity index (χ4v) is 4.33. The van der Waals surface area contributed by atoms with Crippen LogP contribution in [-0.4, -0.2) is 32.2 Å². The molecule has 2 amide bonds. The van der Waals surface area contributed by atoms with E-state index in [0.29, 0.717) is 24.9 Å². The largest absolute Gasteiger partial charge is 0.494 e. The molecule has 8 heteroatoms. The summed E-state index contributed by atoms with van der Waals surface area (Å²) in [6.07, 6.45) is 6.08. The van der Waals surface area contributed by atoms with Gasteiger partial charge in [0, 0.05) is 30.9 Å². The molecule has 1 saturated carbocycles. The lowest BCUT2D eigenvalue weighted by molar-refractivity contribution is 0.251. The lowest BCUT2D eigenvalue weighted by Crippen LogP contribution is -2.29. The molecule has 0 spiro atoms. The molecule has 0 radical (unpaired) electrons. The molecule has 0 unspecified atom stereocenters. The van der Waals surface area contributed by atoms with Crippen LogP contribution in [0.2, 0.25) is 0 Å². The van der Waals surface area contributed by atoms with Crippen molar-refractivity contribution in [3.63, 3.8) is 0 Å². The highest BCUT2D eigenvalue weighted by atomic mass is 16.5. The summed E-state index contributed by atoms with van der Waals surface area (Å²) >= 11 is 0. The Kier molecular flexibility index (Phi) is 6.27. The zero-order chi connectivity index (χ0) is 24.4. The topological polar surface area (TPSA) is 86.0 Å². The number of urea groups is 1. The second-order valence-electron chi connectivity index (χ2n) is 8.85. The Balaban J connectivity index is 1.39. The van der Waals surface area contributed by atoms with Crippen molar-refractivity contribution in [3.8, 4) is 22.7 Å². The molecule has 1 fully saturated rings. The van der Waals surface area contributed by atoms with Crippen molar-refractivity contribution in [2.75, 3.05) is 11.9 Å². The molecule has 1 aliphatic carbocycles. The molecule has 2 aromatic heterocycles. The van der Waals surface area contributed by atoms with E-state index >= 15 is 0 Å². The number of hydrogen-bond donors (Lipinski definition) is 2. The Morgan fingerprint density at radius 1 is 1.17 bits per heavy atom. The minimum atomic E-state index is -0.286. The number of nitrogens with zero attached hydrogens (tertiary/aromatic N) is 4. The minimum Gasteiger partial charge on any atom is -0.494 e. The zero-order valence-corrected chi connectivity index (χ0v) is 20.3. The first-order chi connectivity index (χ1) is 17.0. The van der Waals surface area contributed by atoms with E-state index < -0.39 is 0 Å². The SMILES string of the molecule is CCOc1ccc(C2CC2)c(CNC(=O)Nc2c(C)c(-c3cnn(C)c3)nn2-c2ccccc2)c1. The first kappa shape index (κ1) is 22.7. The number of aryl methyl sites for hydroxylation is 1. The number of aromatic nitrogens is 4. The Morgan fingerprint density at radius 2 is 1.97 bits per heavy atom. The van der Waals surface area contributed by atoms with Gasteiger partial charge in [-0.05, 0) is 68.0 Å². The van der Waals surface area contributed by atoms with Crippen LogP contribution in [0.4, 0.5) is 10.6 Å². The standard InChI is InChI=1S/C27H30N6O2/c1-4-35-23-12-13-24(19-10-11-19)20(14-23)15-28-27(34)30-26-18(2)25(21-16-29-32(3)17-21)31-33(26)22-8-6-5-7-9-22/h5-9,12-14,16-17,19H,4,10-11,15H2,1-3H3,(H2,28,30,34). The number of amides is 2. The van der Waals surface area contributed by atoms with Crippen LogP contribution in [0.5, 0.6) is 5.75 Å². The van der Waals surface area contributed by atoms with Gasteiger partial charge in [0.2, 0.25) is 0 Å². The summed E-state index contributed by atoms with van der Waals surface area (Å²) in [6, 6.07) is 15.7. The maximum Gasteiger partial charge on any atom is 0.320 e. The van der Waals surface area contributed by atoms with E-state index in [2.05, 4.69) is 21.8 Å². The Hall–Kier alpha value is -4.07. The monoisotopic (exact) mass is 470 g/mol. The molecule has 0 bridgehead atoms. The Labute approximate surface area is 204 Å². The van der Waals surface area contributed by atoms with Crippen molar-refractivity contribution in [1.82, 2.24) is 24.9 Å². The molecule has 8 nitrogen and oxygen atoms in total. The first-order valence-corrected chi connectivity index (χ1v) is 12.0. The maximum atomic E-state index is 13.1. The third-order valence-corrected chi connectivity index (χ3v) is 6.22. The highest BCUT2D eigenvalue weighted by Crippen LogP contribution is 2.42. The van der Waals surface area contributed by atoms with Gasteiger partial charge in [-0.1, -0.05) is 24.3 Å². The molecule has 2 aromatic carbocycles. The number of carbonyl (C=O) groups excluding carboxylic acids is 1. The van der Waals surface area contributed by atoms with Crippen molar-refractivity contribution in [2.45, 2.75) is 39.2 Å². The average Bonchev–Trinajstić information content (AvgIpc) is 3.54. The smallest absolute Gasteiger partial charge is 0.320 e. The minimum absolute atomic E-state index is 0.286. The number of ether oxygens (including phenoxy) is 1. The Bertz CT molecular complexity index is 1340. The number of carbonyl (C=O) groups is 1. The van der Waals surface area contributed by atoms with Crippen LogP contribution in [0.1, 0.15) is 42.4 Å². The van der Waals surface area contributed by atoms with Gasteiger partial charge >= 0.3 is 6.03 Å². The first-order valence-electron chi connectivity index (χ1n) is 12.0. The number of benzene rings is 2. The molecule has 1 aliphatic rings. The van der Waals surface area contributed by atoms with Crippen molar-refractivity contribution in [2.24, 2.45) is 7.05 Å². The van der Waals surface area contributed by atoms with Crippen molar-refractivity contribution in [3.05, 3.63) is 77.6 Å². The fraction of sp³-hybridized carbons (Fsp3) is 0.296. The third-order valence-electron chi connectivity index (χ3n) is 6.22. The summed E-state index contributed by atoms with van der Waals surface area (Å²) in [7, 11) is 1.87. The van der Waals surface area contributed by atoms with Crippen molar-refractivity contribution >= 4 is 11.8 Å². The van der Waals surface area contributed by atoms with Gasteiger partial charge in [-0.25, -0.2) is 9.48 Å². The number of hydrogen-bond acceptors (Lipinski definition) is 4. The molecule has 0 aliphatic heterocycles. The highest BCUT2D eigenvalue weighted by Gasteiger charge is 2.26. The van der Waals surface area contributed by atoms with E-state index in [1.54, 1.807) is 15.6 Å². The summed E-state index contributed by atoms with van der Waals surface area (Å²) in [6.45, 7) is 4.96. The third kappa shape index (κ3) is 4.91. The lowest BCUT2D eigenvalue weighted by atomic mass is 10.0. The van der Waals surface area contributed by atoms with Crippen LogP contribution >= 0.6 is 0 Å². The number of rotatable bonds is 8. The van der Waals surface area contributed by atoms with Crippen LogP contribution in [-0.2, 0) is 13.6 Å². The van der Waals surface area contributed by atoms with Crippen LogP contribution in [0.15, 0.2) is 60.9 Å². The van der Waals surface area contributed by atoms with Crippen LogP contribution in [0.3, 0.4) is 0 Å². The van der Waals surface area contributed by atoms with E-state index in [1.165, 1.54) is 18.4 Å². The highest BCUT2D eigenvalue weighted by molar-refractivity contribution is 5.90. The molecular formula is C27H30N6O2. The summed E-state index contributed by atoms with van der Waals surface area (Å²) in [4.78, 5) is 13.1. The molecular weight excluding hydrogens is 440 g/mol. The van der Waals surface area contributed by atoms with Crippen LogP contribution in [0.25, 0.3) is 16.9 Å². The van der Waals surface area contributed by atoms with Crippen molar-refractivity contribution in [1.29, 1.82) is 0 Å². The van der Waals surface area contributed by atoms with E-state index in [4.69, 9.17) is 9.84 Å². The van der Waals surface area contributed by atoms with E-state index in [0.717, 1.165) is 33.8 Å². The molecule has 2 heterocycles. The normalized spacial score (nSPS) is 13.0.